The second kappa shape index (κ2) is 6.28. The van der Waals surface area contributed by atoms with Gasteiger partial charge in [0, 0.05) is 18.5 Å². The molecule has 0 bridgehead atoms. The monoisotopic (exact) mass is 316 g/mol. The van der Waals surface area contributed by atoms with Gasteiger partial charge in [-0.15, -0.1) is 12.4 Å². The van der Waals surface area contributed by atoms with Crippen molar-refractivity contribution in [2.24, 2.45) is 17.6 Å². The molecule has 3 nitrogen and oxygen atoms in total. The van der Waals surface area contributed by atoms with E-state index in [0.29, 0.717) is 24.4 Å². The summed E-state index contributed by atoms with van der Waals surface area (Å²) < 4.78 is 26.8. The first-order valence-corrected chi connectivity index (χ1v) is 7.05. The molecule has 3 atom stereocenters. The predicted molar refractivity (Wildman–Crippen MR) is 78.2 cm³/mol. The Morgan fingerprint density at radius 3 is 2.76 bits per heavy atom. The van der Waals surface area contributed by atoms with Crippen LogP contribution in [0.3, 0.4) is 0 Å². The van der Waals surface area contributed by atoms with Crippen LogP contribution < -0.4 is 11.1 Å². The number of hydrogen-bond donors (Lipinski definition) is 2. The summed E-state index contributed by atoms with van der Waals surface area (Å²) in [7, 11) is 0. The molecule has 3 N–H and O–H groups in total. The van der Waals surface area contributed by atoms with Gasteiger partial charge >= 0.3 is 0 Å². The molecule has 1 amide bonds. The zero-order valence-corrected chi connectivity index (χ0v) is 12.3. The highest BCUT2D eigenvalue weighted by Gasteiger charge is 2.45. The fourth-order valence-electron chi connectivity index (χ4n) is 2.68. The highest BCUT2D eigenvalue weighted by Crippen LogP contribution is 2.48. The molecular formula is C15H19ClF2N2O. The average molecular weight is 317 g/mol. The molecule has 2 aliphatic rings. The van der Waals surface area contributed by atoms with Gasteiger partial charge in [0.1, 0.15) is 0 Å². The van der Waals surface area contributed by atoms with Gasteiger partial charge in [-0.3, -0.25) is 4.79 Å². The Morgan fingerprint density at radius 2 is 2.10 bits per heavy atom. The van der Waals surface area contributed by atoms with Crippen LogP contribution in [0.2, 0.25) is 0 Å². The molecule has 0 spiro atoms. The summed E-state index contributed by atoms with van der Waals surface area (Å²) in [5.74, 6) is -1.71. The van der Waals surface area contributed by atoms with Crippen molar-refractivity contribution in [3.8, 4) is 0 Å². The molecule has 1 aromatic rings. The van der Waals surface area contributed by atoms with Gasteiger partial charge in [0.2, 0.25) is 5.91 Å². The van der Waals surface area contributed by atoms with Crippen molar-refractivity contribution in [3.63, 3.8) is 0 Å². The molecule has 2 saturated carbocycles. The molecule has 3 rings (SSSR count). The van der Waals surface area contributed by atoms with Crippen molar-refractivity contribution < 1.29 is 13.6 Å². The molecule has 2 fully saturated rings. The molecule has 2 aliphatic carbocycles. The summed E-state index contributed by atoms with van der Waals surface area (Å²) in [5.41, 5.74) is 6.22. The molecule has 1 aromatic carbocycles. The number of carbonyl (C=O) groups excluding carboxylic acids is 1. The maximum atomic E-state index is 13.6. The van der Waals surface area contributed by atoms with Crippen molar-refractivity contribution in [1.82, 2.24) is 5.32 Å². The molecule has 0 saturated heterocycles. The minimum atomic E-state index is -0.857. The zero-order chi connectivity index (χ0) is 14.3. The Bertz CT molecular complexity index is 536. The quantitative estimate of drug-likeness (QED) is 0.876. The standard InChI is InChI=1S/C15H18F2N2O.ClH/c16-12-3-1-2-9(14(12)17)10-6-11(10)15(20)19-7-13(18)8-4-5-8;/h1-3,8,10-11,13H,4-7,18H2,(H,19,20);1H. The summed E-state index contributed by atoms with van der Waals surface area (Å²) in [4.78, 5) is 11.9. The second-order valence-corrected chi connectivity index (χ2v) is 5.84. The first-order valence-electron chi connectivity index (χ1n) is 7.05. The molecule has 3 unspecified atom stereocenters. The smallest absolute Gasteiger partial charge is 0.223 e. The Morgan fingerprint density at radius 1 is 1.38 bits per heavy atom. The summed E-state index contributed by atoms with van der Waals surface area (Å²) in [6.07, 6.45) is 2.85. The van der Waals surface area contributed by atoms with E-state index >= 15 is 0 Å². The van der Waals surface area contributed by atoms with Gasteiger partial charge in [-0.05, 0) is 42.7 Å². The van der Waals surface area contributed by atoms with Gasteiger partial charge in [-0.25, -0.2) is 8.78 Å². The molecule has 0 radical (unpaired) electrons. The van der Waals surface area contributed by atoms with Crippen molar-refractivity contribution >= 4 is 18.3 Å². The van der Waals surface area contributed by atoms with E-state index in [9.17, 15) is 13.6 Å². The number of nitrogens with two attached hydrogens (primary N) is 1. The van der Waals surface area contributed by atoms with Gasteiger partial charge in [0.05, 0.1) is 0 Å². The van der Waals surface area contributed by atoms with Gasteiger partial charge in [0.15, 0.2) is 11.6 Å². The van der Waals surface area contributed by atoms with Crippen LogP contribution in [0.5, 0.6) is 0 Å². The van der Waals surface area contributed by atoms with Crippen LogP contribution in [0, 0.1) is 23.5 Å². The molecule has 0 heterocycles. The van der Waals surface area contributed by atoms with Crippen LogP contribution in [0.15, 0.2) is 18.2 Å². The van der Waals surface area contributed by atoms with Crippen LogP contribution in [0.25, 0.3) is 0 Å². The summed E-state index contributed by atoms with van der Waals surface area (Å²) >= 11 is 0. The van der Waals surface area contributed by atoms with Crippen molar-refractivity contribution in [2.45, 2.75) is 31.2 Å². The largest absolute Gasteiger partial charge is 0.354 e. The van der Waals surface area contributed by atoms with Crippen LogP contribution in [-0.4, -0.2) is 18.5 Å². The van der Waals surface area contributed by atoms with E-state index in [1.54, 1.807) is 6.07 Å². The normalized spacial score (nSPS) is 24.9. The molecule has 0 aromatic heterocycles. The van der Waals surface area contributed by atoms with Gasteiger partial charge in [0.25, 0.3) is 0 Å². The minimum Gasteiger partial charge on any atom is -0.354 e. The third-order valence-electron chi connectivity index (χ3n) is 4.25. The topological polar surface area (TPSA) is 55.1 Å². The second-order valence-electron chi connectivity index (χ2n) is 5.84. The maximum Gasteiger partial charge on any atom is 0.223 e. The number of amides is 1. The zero-order valence-electron chi connectivity index (χ0n) is 11.5. The molecule has 21 heavy (non-hydrogen) atoms. The maximum absolute atomic E-state index is 13.6. The van der Waals surface area contributed by atoms with Gasteiger partial charge in [-0.2, -0.15) is 0 Å². The highest BCUT2D eigenvalue weighted by molar-refractivity contribution is 5.85. The number of carbonyl (C=O) groups is 1. The highest BCUT2D eigenvalue weighted by atomic mass is 35.5. The first-order chi connectivity index (χ1) is 9.58. The number of hydrogen-bond acceptors (Lipinski definition) is 2. The Labute approximate surface area is 128 Å². The van der Waals surface area contributed by atoms with Gasteiger partial charge < -0.3 is 11.1 Å². The Hall–Kier alpha value is -1.20. The fraction of sp³-hybridized carbons (Fsp3) is 0.533. The van der Waals surface area contributed by atoms with E-state index in [0.717, 1.165) is 18.9 Å². The van der Waals surface area contributed by atoms with E-state index in [1.165, 1.54) is 6.07 Å². The number of benzene rings is 1. The molecule has 116 valence electrons. The number of halogens is 3. The summed E-state index contributed by atoms with van der Waals surface area (Å²) in [5, 5.41) is 2.82. The Kier molecular flexibility index (Phi) is 4.84. The van der Waals surface area contributed by atoms with E-state index in [1.807, 2.05) is 0 Å². The van der Waals surface area contributed by atoms with Crippen LogP contribution in [0.1, 0.15) is 30.7 Å². The third-order valence-corrected chi connectivity index (χ3v) is 4.25. The van der Waals surface area contributed by atoms with E-state index in [2.05, 4.69) is 5.32 Å². The van der Waals surface area contributed by atoms with Crippen LogP contribution in [-0.2, 0) is 4.79 Å². The van der Waals surface area contributed by atoms with Crippen molar-refractivity contribution in [1.29, 1.82) is 0 Å². The number of nitrogens with one attached hydrogen (secondary N) is 1. The van der Waals surface area contributed by atoms with Crippen molar-refractivity contribution in [3.05, 3.63) is 35.4 Å². The number of rotatable bonds is 5. The third kappa shape index (κ3) is 3.52. The van der Waals surface area contributed by atoms with Gasteiger partial charge in [-0.1, -0.05) is 12.1 Å². The lowest BCUT2D eigenvalue weighted by Crippen LogP contribution is -2.39. The molecular weight excluding hydrogens is 298 g/mol. The average Bonchev–Trinajstić information content (AvgIpc) is 3.29. The molecule has 6 heteroatoms. The van der Waals surface area contributed by atoms with Crippen molar-refractivity contribution in [2.75, 3.05) is 6.54 Å². The Balaban J connectivity index is 0.00000161. The van der Waals surface area contributed by atoms with Crippen LogP contribution in [0.4, 0.5) is 8.78 Å². The van der Waals surface area contributed by atoms with Crippen LogP contribution >= 0.6 is 12.4 Å². The van der Waals surface area contributed by atoms with E-state index in [4.69, 9.17) is 5.73 Å². The van der Waals surface area contributed by atoms with E-state index in [-0.39, 0.29) is 36.2 Å². The predicted octanol–water partition coefficient (Wildman–Crippen LogP) is 2.34. The molecule has 0 aliphatic heterocycles. The van der Waals surface area contributed by atoms with E-state index < -0.39 is 11.6 Å². The lowest BCUT2D eigenvalue weighted by molar-refractivity contribution is -0.122. The fourth-order valence-corrected chi connectivity index (χ4v) is 2.68. The lowest BCUT2D eigenvalue weighted by atomic mass is 10.1. The summed E-state index contributed by atoms with van der Waals surface area (Å²) in [6.45, 7) is 0.471. The minimum absolute atomic E-state index is 0. The summed E-state index contributed by atoms with van der Waals surface area (Å²) in [6, 6.07) is 4.13. The first kappa shape index (κ1) is 16.2. The lowest BCUT2D eigenvalue weighted by Gasteiger charge is -2.11. The SMILES string of the molecule is Cl.NC(CNC(=O)C1CC1c1cccc(F)c1F)C1CC1.